The van der Waals surface area contributed by atoms with E-state index in [1.54, 1.807) is 0 Å². The third-order valence-electron chi connectivity index (χ3n) is 3.48. The van der Waals surface area contributed by atoms with Crippen LogP contribution in [0.15, 0.2) is 42.5 Å². The molecule has 0 saturated heterocycles. The smallest absolute Gasteiger partial charge is 0.0226 e. The molecule has 1 heteroatoms. The number of hydrogen-bond donors (Lipinski definition) is 0. The molecule has 2 aromatic rings. The van der Waals surface area contributed by atoms with Gasteiger partial charge in [0.1, 0.15) is 0 Å². The fraction of sp³-hybridized carbons (Fsp3) is 0.250. The van der Waals surface area contributed by atoms with E-state index in [1.165, 1.54) is 27.8 Å². The Kier molecular flexibility index (Phi) is 2.90. The number of aryl methyl sites for hydroxylation is 1. The molecule has 0 atom stereocenters. The lowest BCUT2D eigenvalue weighted by molar-refractivity contribution is 0.930. The number of rotatable bonds is 3. The Morgan fingerprint density at radius 2 is 1.76 bits per heavy atom. The molecule has 0 bridgehead atoms. The van der Waals surface area contributed by atoms with Crippen molar-refractivity contribution < 1.29 is 0 Å². The quantitative estimate of drug-likeness (QED) is 0.596. The number of halogens is 1. The summed E-state index contributed by atoms with van der Waals surface area (Å²) < 4.78 is 0. The highest BCUT2D eigenvalue weighted by Gasteiger charge is 2.19. The minimum atomic E-state index is 0.741. The van der Waals surface area contributed by atoms with Gasteiger partial charge >= 0.3 is 0 Å². The first kappa shape index (κ1) is 10.9. The van der Waals surface area contributed by atoms with E-state index in [1.807, 2.05) is 0 Å². The molecule has 1 aliphatic rings. The van der Waals surface area contributed by atoms with Crippen LogP contribution in [0.5, 0.6) is 0 Å². The third kappa shape index (κ3) is 1.87. The molecule has 0 radical (unpaired) electrons. The van der Waals surface area contributed by atoms with Gasteiger partial charge in [0.25, 0.3) is 0 Å². The standard InChI is InChI=1S/C16H15Cl/c17-10-4-8-12-6-3-7-14-11-13-5-1-2-9-15(13)16(12)14/h1-3,5-7,9H,4,8,10-11H2. The van der Waals surface area contributed by atoms with E-state index in [0.717, 1.165) is 25.1 Å². The van der Waals surface area contributed by atoms with Crippen molar-refractivity contribution in [1.82, 2.24) is 0 Å². The minimum Gasteiger partial charge on any atom is -0.127 e. The second-order valence-electron chi connectivity index (χ2n) is 4.58. The summed E-state index contributed by atoms with van der Waals surface area (Å²) in [5.74, 6) is 0.741. The largest absolute Gasteiger partial charge is 0.127 e. The number of hydrogen-bond acceptors (Lipinski definition) is 0. The highest BCUT2D eigenvalue weighted by Crippen LogP contribution is 2.39. The van der Waals surface area contributed by atoms with E-state index in [0.29, 0.717) is 0 Å². The zero-order valence-electron chi connectivity index (χ0n) is 9.75. The average molecular weight is 243 g/mol. The van der Waals surface area contributed by atoms with Gasteiger partial charge in [-0.15, -0.1) is 11.6 Å². The summed E-state index contributed by atoms with van der Waals surface area (Å²) >= 11 is 5.80. The Bertz CT molecular complexity index is 543. The highest BCUT2D eigenvalue weighted by molar-refractivity contribution is 6.17. The van der Waals surface area contributed by atoms with E-state index < -0.39 is 0 Å². The summed E-state index contributed by atoms with van der Waals surface area (Å²) in [5.41, 5.74) is 7.27. The molecule has 86 valence electrons. The van der Waals surface area contributed by atoms with Crippen LogP contribution in [0.3, 0.4) is 0 Å². The Morgan fingerprint density at radius 3 is 2.65 bits per heavy atom. The van der Waals surface area contributed by atoms with Gasteiger partial charge in [-0.2, -0.15) is 0 Å². The first-order valence-corrected chi connectivity index (χ1v) is 6.68. The molecule has 0 N–H and O–H groups in total. The first-order chi connectivity index (χ1) is 8.40. The van der Waals surface area contributed by atoms with Crippen molar-refractivity contribution in [2.24, 2.45) is 0 Å². The molecule has 0 unspecified atom stereocenters. The van der Waals surface area contributed by atoms with Crippen molar-refractivity contribution >= 4 is 11.6 Å². The zero-order valence-corrected chi connectivity index (χ0v) is 10.5. The van der Waals surface area contributed by atoms with Gasteiger partial charge in [-0.3, -0.25) is 0 Å². The predicted molar refractivity (Wildman–Crippen MR) is 73.7 cm³/mol. The van der Waals surface area contributed by atoms with Gasteiger partial charge in [0.05, 0.1) is 0 Å². The Morgan fingerprint density at radius 1 is 0.941 bits per heavy atom. The average Bonchev–Trinajstić information content (AvgIpc) is 2.75. The topological polar surface area (TPSA) is 0 Å². The molecule has 0 aromatic heterocycles. The van der Waals surface area contributed by atoms with Gasteiger partial charge in [0, 0.05) is 5.88 Å². The number of benzene rings is 2. The van der Waals surface area contributed by atoms with Crippen molar-refractivity contribution in [3.63, 3.8) is 0 Å². The Balaban J connectivity index is 2.09. The molecule has 0 saturated carbocycles. The predicted octanol–water partition coefficient (Wildman–Crippen LogP) is 4.43. The number of fused-ring (bicyclic) bond motifs is 3. The second-order valence-corrected chi connectivity index (χ2v) is 4.96. The molecular weight excluding hydrogens is 228 g/mol. The fourth-order valence-corrected chi connectivity index (χ4v) is 2.87. The van der Waals surface area contributed by atoms with Gasteiger partial charge in [-0.25, -0.2) is 0 Å². The monoisotopic (exact) mass is 242 g/mol. The summed E-state index contributed by atoms with van der Waals surface area (Å²) in [6.07, 6.45) is 3.22. The van der Waals surface area contributed by atoms with E-state index in [9.17, 15) is 0 Å². The van der Waals surface area contributed by atoms with Crippen molar-refractivity contribution in [1.29, 1.82) is 0 Å². The maximum atomic E-state index is 5.80. The van der Waals surface area contributed by atoms with Crippen LogP contribution in [0.4, 0.5) is 0 Å². The molecule has 2 aromatic carbocycles. The molecular formula is C16H15Cl. The van der Waals surface area contributed by atoms with Crippen LogP contribution in [-0.2, 0) is 12.8 Å². The van der Waals surface area contributed by atoms with Gasteiger partial charge in [0.2, 0.25) is 0 Å². The van der Waals surface area contributed by atoms with Gasteiger partial charge in [-0.05, 0) is 47.1 Å². The molecule has 0 amide bonds. The highest BCUT2D eigenvalue weighted by atomic mass is 35.5. The summed E-state index contributed by atoms with van der Waals surface area (Å²) in [4.78, 5) is 0. The van der Waals surface area contributed by atoms with E-state index in [4.69, 9.17) is 11.6 Å². The lowest BCUT2D eigenvalue weighted by Crippen LogP contribution is -1.91. The molecule has 0 spiro atoms. The normalized spacial score (nSPS) is 12.3. The first-order valence-electron chi connectivity index (χ1n) is 6.15. The lowest BCUT2D eigenvalue weighted by atomic mass is 9.97. The molecule has 1 aliphatic carbocycles. The van der Waals surface area contributed by atoms with Crippen LogP contribution < -0.4 is 0 Å². The van der Waals surface area contributed by atoms with Gasteiger partial charge in [-0.1, -0.05) is 42.5 Å². The maximum Gasteiger partial charge on any atom is 0.0226 e. The molecule has 0 nitrogen and oxygen atoms in total. The second kappa shape index (κ2) is 4.54. The van der Waals surface area contributed by atoms with E-state index in [-0.39, 0.29) is 0 Å². The van der Waals surface area contributed by atoms with Crippen molar-refractivity contribution in [3.8, 4) is 11.1 Å². The fourth-order valence-electron chi connectivity index (χ4n) is 2.74. The zero-order chi connectivity index (χ0) is 11.7. The van der Waals surface area contributed by atoms with Crippen molar-refractivity contribution in [2.45, 2.75) is 19.3 Å². The SMILES string of the molecule is ClCCCc1cccc2c1-c1ccccc1C2. The molecule has 17 heavy (non-hydrogen) atoms. The molecule has 3 rings (SSSR count). The van der Waals surface area contributed by atoms with Crippen LogP contribution in [0, 0.1) is 0 Å². The minimum absolute atomic E-state index is 0.741. The van der Waals surface area contributed by atoms with Gasteiger partial charge < -0.3 is 0 Å². The van der Waals surface area contributed by atoms with Crippen molar-refractivity contribution in [3.05, 3.63) is 59.2 Å². The summed E-state index contributed by atoms with van der Waals surface area (Å²) in [6.45, 7) is 0. The number of alkyl halides is 1. The lowest BCUT2D eigenvalue weighted by Gasteiger charge is -2.08. The van der Waals surface area contributed by atoms with Crippen LogP contribution in [-0.4, -0.2) is 5.88 Å². The van der Waals surface area contributed by atoms with E-state index in [2.05, 4.69) is 42.5 Å². The van der Waals surface area contributed by atoms with Crippen LogP contribution in [0.25, 0.3) is 11.1 Å². The van der Waals surface area contributed by atoms with Crippen LogP contribution in [0.2, 0.25) is 0 Å². The summed E-state index contributed by atoms with van der Waals surface area (Å²) in [7, 11) is 0. The third-order valence-corrected chi connectivity index (χ3v) is 3.75. The van der Waals surface area contributed by atoms with Crippen LogP contribution >= 0.6 is 11.6 Å². The molecule has 0 fully saturated rings. The van der Waals surface area contributed by atoms with Crippen LogP contribution in [0.1, 0.15) is 23.1 Å². The summed E-state index contributed by atoms with van der Waals surface area (Å²) in [5, 5.41) is 0. The Hall–Kier alpha value is -1.27. The van der Waals surface area contributed by atoms with E-state index >= 15 is 0 Å². The van der Waals surface area contributed by atoms with Gasteiger partial charge in [0.15, 0.2) is 0 Å². The maximum absolute atomic E-state index is 5.80. The molecule has 0 aliphatic heterocycles. The Labute approximate surface area is 107 Å². The molecule has 0 heterocycles. The summed E-state index contributed by atoms with van der Waals surface area (Å²) in [6, 6.07) is 15.4. The van der Waals surface area contributed by atoms with Crippen molar-refractivity contribution in [2.75, 3.05) is 5.88 Å².